The van der Waals surface area contributed by atoms with Gasteiger partial charge in [0.15, 0.2) is 0 Å². The number of alkyl halides is 2. The molecule has 2 atom stereocenters. The molecule has 0 aromatic heterocycles. The van der Waals surface area contributed by atoms with E-state index < -0.39 is 35.4 Å². The molecule has 27 heavy (non-hydrogen) atoms. The van der Waals surface area contributed by atoms with Gasteiger partial charge in [0.1, 0.15) is 11.7 Å². The normalized spacial score (nSPS) is 20.0. The number of rotatable bonds is 4. The van der Waals surface area contributed by atoms with Gasteiger partial charge in [0, 0.05) is 32.0 Å². The Morgan fingerprint density at radius 2 is 1.78 bits per heavy atom. The van der Waals surface area contributed by atoms with Crippen LogP contribution in [0, 0.1) is 11.7 Å². The smallest absolute Gasteiger partial charge is 0.270 e. The fraction of sp³-hybridized carbons (Fsp3) is 0.300. The molecule has 1 saturated heterocycles. The molecule has 2 unspecified atom stereocenters. The molecule has 142 valence electrons. The quantitative estimate of drug-likeness (QED) is 0.827. The minimum absolute atomic E-state index is 0.00965. The Morgan fingerprint density at radius 1 is 1.15 bits per heavy atom. The number of nitrogens with zero attached hydrogens (tertiary/aromatic N) is 1. The van der Waals surface area contributed by atoms with Crippen molar-refractivity contribution in [2.24, 2.45) is 5.92 Å². The lowest BCUT2D eigenvalue weighted by Crippen LogP contribution is -2.33. The molecule has 1 aliphatic rings. The third kappa shape index (κ3) is 3.82. The Morgan fingerprint density at radius 3 is 2.37 bits per heavy atom. The molecule has 0 aliphatic carbocycles. The van der Waals surface area contributed by atoms with E-state index in [0.29, 0.717) is 5.56 Å². The van der Waals surface area contributed by atoms with Gasteiger partial charge < -0.3 is 10.2 Å². The fourth-order valence-corrected chi connectivity index (χ4v) is 3.29. The lowest BCUT2D eigenvalue weighted by Gasteiger charge is -2.18. The lowest BCUT2D eigenvalue weighted by molar-refractivity contribution is -0.135. The maximum Gasteiger partial charge on any atom is 0.270 e. The van der Waals surface area contributed by atoms with Crippen LogP contribution < -0.4 is 5.32 Å². The van der Waals surface area contributed by atoms with Gasteiger partial charge in [-0.2, -0.15) is 0 Å². The molecule has 0 saturated carbocycles. The summed E-state index contributed by atoms with van der Waals surface area (Å²) in [7, 11) is 1.57. The number of para-hydroxylation sites is 1. The zero-order valence-electron chi connectivity index (χ0n) is 14.9. The summed E-state index contributed by atoms with van der Waals surface area (Å²) in [5.74, 6) is -6.14. The zero-order chi connectivity index (χ0) is 19.8. The van der Waals surface area contributed by atoms with Crippen molar-refractivity contribution >= 4 is 17.5 Å². The molecule has 0 bridgehead atoms. The number of anilines is 1. The average molecular weight is 376 g/mol. The number of halogens is 3. The van der Waals surface area contributed by atoms with Gasteiger partial charge in [-0.3, -0.25) is 9.59 Å². The first kappa shape index (κ1) is 18.9. The molecule has 1 aliphatic heterocycles. The monoisotopic (exact) mass is 376 g/mol. The van der Waals surface area contributed by atoms with E-state index in [1.54, 1.807) is 13.1 Å². The number of nitrogens with one attached hydrogen (secondary N) is 1. The summed E-state index contributed by atoms with van der Waals surface area (Å²) in [6.45, 7) is 1.08. The van der Waals surface area contributed by atoms with Crippen molar-refractivity contribution in [1.82, 2.24) is 4.90 Å². The van der Waals surface area contributed by atoms with Gasteiger partial charge in [-0.25, -0.2) is 13.2 Å². The molecule has 2 aromatic carbocycles. The minimum Gasteiger partial charge on any atom is -0.344 e. The second-order valence-corrected chi connectivity index (χ2v) is 6.78. The topological polar surface area (TPSA) is 49.4 Å². The van der Waals surface area contributed by atoms with Crippen LogP contribution in [0.15, 0.2) is 48.5 Å². The molecule has 2 amide bonds. The summed E-state index contributed by atoms with van der Waals surface area (Å²) in [4.78, 5) is 26.6. The van der Waals surface area contributed by atoms with E-state index in [0.717, 1.165) is 6.92 Å². The second-order valence-electron chi connectivity index (χ2n) is 6.78. The highest BCUT2D eigenvalue weighted by atomic mass is 19.3. The Hall–Kier alpha value is -2.83. The van der Waals surface area contributed by atoms with Gasteiger partial charge in [0.25, 0.3) is 5.92 Å². The first-order valence-corrected chi connectivity index (χ1v) is 8.47. The summed E-state index contributed by atoms with van der Waals surface area (Å²) in [6.07, 6.45) is 0. The molecule has 1 N–H and O–H groups in total. The highest BCUT2D eigenvalue weighted by molar-refractivity contribution is 6.08. The molecule has 3 rings (SSSR count). The Bertz CT molecular complexity index is 862. The lowest BCUT2D eigenvalue weighted by atomic mass is 9.87. The second kappa shape index (κ2) is 7.06. The molecular weight excluding hydrogens is 357 g/mol. The van der Waals surface area contributed by atoms with Crippen molar-refractivity contribution in [2.45, 2.75) is 18.8 Å². The van der Waals surface area contributed by atoms with Gasteiger partial charge in [-0.1, -0.05) is 36.4 Å². The molecule has 4 nitrogen and oxygen atoms in total. The Kier molecular flexibility index (Phi) is 4.95. The number of hydrogen-bond donors (Lipinski definition) is 1. The van der Waals surface area contributed by atoms with Gasteiger partial charge in [0.05, 0.1) is 5.69 Å². The van der Waals surface area contributed by atoms with E-state index in [2.05, 4.69) is 5.32 Å². The maximum absolute atomic E-state index is 13.8. The predicted octanol–water partition coefficient (Wildman–Crippen LogP) is 3.75. The number of carbonyl (C=O) groups excluding carboxylic acids is 2. The van der Waals surface area contributed by atoms with Crippen LogP contribution in [0.5, 0.6) is 0 Å². The van der Waals surface area contributed by atoms with Crippen molar-refractivity contribution in [3.05, 3.63) is 65.5 Å². The number of likely N-dealkylation sites (N-methyl/N-ethyl adjacent to an activating group) is 1. The number of amides is 2. The van der Waals surface area contributed by atoms with Gasteiger partial charge in [0.2, 0.25) is 11.8 Å². The highest BCUT2D eigenvalue weighted by Crippen LogP contribution is 2.35. The largest absolute Gasteiger partial charge is 0.344 e. The van der Waals surface area contributed by atoms with Crippen LogP contribution in [0.25, 0.3) is 0 Å². The third-order valence-corrected chi connectivity index (χ3v) is 4.78. The van der Waals surface area contributed by atoms with Crippen molar-refractivity contribution in [2.75, 3.05) is 18.9 Å². The summed E-state index contributed by atoms with van der Waals surface area (Å²) in [5.41, 5.74) is 0.454. The van der Waals surface area contributed by atoms with Crippen LogP contribution in [0.3, 0.4) is 0 Å². The van der Waals surface area contributed by atoms with E-state index in [9.17, 15) is 22.8 Å². The van der Waals surface area contributed by atoms with Gasteiger partial charge in [-0.05, 0) is 17.7 Å². The summed E-state index contributed by atoms with van der Waals surface area (Å²) in [5, 5.41) is 2.46. The van der Waals surface area contributed by atoms with Crippen LogP contribution in [0.2, 0.25) is 0 Å². The standard InChI is InChI=1S/C20H19F3N2O2/c1-20(22,23)13-9-7-12(8-10-13)14-11-25(2)19(27)17(14)18(26)24-16-6-4-3-5-15(16)21/h3-10,14,17H,11H2,1-2H3,(H,24,26). The van der Waals surface area contributed by atoms with Crippen molar-refractivity contribution < 1.29 is 22.8 Å². The molecule has 0 radical (unpaired) electrons. The molecule has 0 spiro atoms. The molecule has 1 heterocycles. The highest BCUT2D eigenvalue weighted by Gasteiger charge is 2.44. The van der Waals surface area contributed by atoms with Gasteiger partial charge in [-0.15, -0.1) is 0 Å². The van der Waals surface area contributed by atoms with E-state index in [1.807, 2.05) is 0 Å². The van der Waals surface area contributed by atoms with Crippen molar-refractivity contribution in [3.63, 3.8) is 0 Å². The van der Waals surface area contributed by atoms with Crippen molar-refractivity contribution in [3.8, 4) is 0 Å². The van der Waals surface area contributed by atoms with E-state index >= 15 is 0 Å². The van der Waals surface area contributed by atoms with E-state index in [1.165, 1.54) is 47.4 Å². The van der Waals surface area contributed by atoms with Crippen LogP contribution in [-0.4, -0.2) is 30.3 Å². The Labute approximate surface area is 155 Å². The fourth-order valence-electron chi connectivity index (χ4n) is 3.29. The summed E-state index contributed by atoms with van der Waals surface area (Å²) in [6, 6.07) is 11.3. The first-order chi connectivity index (χ1) is 12.7. The molecular formula is C20H19F3N2O2. The third-order valence-electron chi connectivity index (χ3n) is 4.78. The van der Waals surface area contributed by atoms with Crippen LogP contribution in [0.4, 0.5) is 18.9 Å². The zero-order valence-corrected chi connectivity index (χ0v) is 14.9. The average Bonchev–Trinajstić information content (AvgIpc) is 2.91. The van der Waals surface area contributed by atoms with Crippen LogP contribution >= 0.6 is 0 Å². The number of hydrogen-bond acceptors (Lipinski definition) is 2. The van der Waals surface area contributed by atoms with E-state index in [4.69, 9.17) is 0 Å². The maximum atomic E-state index is 13.8. The number of carbonyl (C=O) groups is 2. The molecule has 1 fully saturated rings. The molecule has 2 aromatic rings. The Balaban J connectivity index is 1.87. The summed E-state index contributed by atoms with van der Waals surface area (Å²) >= 11 is 0. The number of likely N-dealkylation sites (tertiary alicyclic amines) is 1. The minimum atomic E-state index is -2.97. The number of benzene rings is 2. The summed E-state index contributed by atoms with van der Waals surface area (Å²) < 4.78 is 40.6. The molecule has 7 heteroatoms. The predicted molar refractivity (Wildman–Crippen MR) is 94.9 cm³/mol. The van der Waals surface area contributed by atoms with Gasteiger partial charge >= 0.3 is 0 Å². The van der Waals surface area contributed by atoms with Crippen LogP contribution in [-0.2, 0) is 15.5 Å². The first-order valence-electron chi connectivity index (χ1n) is 8.47. The van der Waals surface area contributed by atoms with E-state index in [-0.39, 0.29) is 17.8 Å². The van der Waals surface area contributed by atoms with Crippen molar-refractivity contribution in [1.29, 1.82) is 0 Å². The SMILES string of the molecule is CN1CC(c2ccc(C(C)(F)F)cc2)C(C(=O)Nc2ccccc2F)C1=O. The van der Waals surface area contributed by atoms with Crippen LogP contribution in [0.1, 0.15) is 24.0 Å².